The quantitative estimate of drug-likeness (QED) is 0.405. The number of aromatic nitrogens is 1. The molecule has 1 heterocycles. The van der Waals surface area contributed by atoms with Crippen LogP contribution in [0.2, 0.25) is 0 Å². The van der Waals surface area contributed by atoms with Crippen molar-refractivity contribution in [3.63, 3.8) is 0 Å². The molecule has 3 aromatic rings. The van der Waals surface area contributed by atoms with E-state index in [1.54, 1.807) is 0 Å². The van der Waals surface area contributed by atoms with Crippen molar-refractivity contribution in [3.05, 3.63) is 81.1 Å². The fourth-order valence-corrected chi connectivity index (χ4v) is 4.80. The number of rotatable bonds is 10. The Labute approximate surface area is 195 Å². The second-order valence-electron chi connectivity index (χ2n) is 8.21. The summed E-state index contributed by atoms with van der Waals surface area (Å²) in [6.07, 6.45) is 3.81. The Bertz CT molecular complexity index is 1060. The lowest BCUT2D eigenvalue weighted by Gasteiger charge is -2.18. The van der Waals surface area contributed by atoms with E-state index in [0.29, 0.717) is 12.2 Å². The highest BCUT2D eigenvalue weighted by Crippen LogP contribution is 2.19. The molecule has 1 aromatic heterocycles. The first-order chi connectivity index (χ1) is 15.5. The molecule has 32 heavy (non-hydrogen) atoms. The predicted octanol–water partition coefficient (Wildman–Crippen LogP) is 5.41. The first-order valence-electron chi connectivity index (χ1n) is 11.4. The minimum Gasteiger partial charge on any atom is -0.344 e. The number of thiazole rings is 1. The maximum Gasteiger partial charge on any atom is 0.269 e. The van der Waals surface area contributed by atoms with Crippen LogP contribution in [0.15, 0.2) is 58.9 Å². The molecule has 0 aliphatic heterocycles. The first-order valence-corrected chi connectivity index (χ1v) is 12.3. The third kappa shape index (κ3) is 6.40. The maximum absolute atomic E-state index is 13.3. The van der Waals surface area contributed by atoms with Crippen molar-refractivity contribution in [2.45, 2.75) is 59.0 Å². The number of hydrogen-bond acceptors (Lipinski definition) is 4. The zero-order valence-electron chi connectivity index (χ0n) is 19.3. The Balaban J connectivity index is 1.92. The summed E-state index contributed by atoms with van der Waals surface area (Å²) in [7, 11) is 0. The van der Waals surface area contributed by atoms with Gasteiger partial charge in [0, 0.05) is 11.9 Å². The first kappa shape index (κ1) is 24.0. The van der Waals surface area contributed by atoms with E-state index in [4.69, 9.17) is 10.7 Å². The highest BCUT2D eigenvalue weighted by molar-refractivity contribution is 7.07. The van der Waals surface area contributed by atoms with Crippen molar-refractivity contribution in [2.24, 2.45) is 10.7 Å². The molecule has 2 aromatic carbocycles. The molecule has 0 saturated carbocycles. The molecule has 0 aliphatic rings. The Hall–Kier alpha value is -2.70. The van der Waals surface area contributed by atoms with Gasteiger partial charge in [-0.05, 0) is 68.5 Å². The van der Waals surface area contributed by atoms with Gasteiger partial charge in [-0.25, -0.2) is 4.99 Å². The molecule has 0 saturated heterocycles. The number of benzene rings is 2. The number of aryl methyl sites for hydroxylation is 2. The number of amides is 1. The van der Waals surface area contributed by atoms with E-state index in [9.17, 15) is 4.79 Å². The van der Waals surface area contributed by atoms with Crippen molar-refractivity contribution in [1.29, 1.82) is 0 Å². The van der Waals surface area contributed by atoms with Gasteiger partial charge in [0.1, 0.15) is 5.69 Å². The summed E-state index contributed by atoms with van der Waals surface area (Å²) >= 11 is 1.52. The average Bonchev–Trinajstić information content (AvgIpc) is 3.17. The number of nitrogens with two attached hydrogens (primary N) is 1. The fourth-order valence-electron chi connectivity index (χ4n) is 3.87. The number of carbonyl (C=O) groups is 1. The second kappa shape index (κ2) is 11.8. The van der Waals surface area contributed by atoms with Gasteiger partial charge >= 0.3 is 0 Å². The summed E-state index contributed by atoms with van der Waals surface area (Å²) in [6, 6.07) is 16.4. The highest BCUT2D eigenvalue weighted by Gasteiger charge is 2.18. The van der Waals surface area contributed by atoms with E-state index in [2.05, 4.69) is 61.0 Å². The van der Waals surface area contributed by atoms with Gasteiger partial charge in [-0.15, -0.1) is 11.3 Å². The molecule has 0 radical (unpaired) electrons. The van der Waals surface area contributed by atoms with Crippen molar-refractivity contribution in [2.75, 3.05) is 6.54 Å². The zero-order valence-corrected chi connectivity index (χ0v) is 20.1. The molecule has 170 valence electrons. The molecule has 6 heteroatoms. The van der Waals surface area contributed by atoms with Crippen LogP contribution in [0.4, 0.5) is 5.69 Å². The van der Waals surface area contributed by atoms with Crippen molar-refractivity contribution in [1.82, 2.24) is 9.88 Å². The highest BCUT2D eigenvalue weighted by atomic mass is 32.1. The minimum atomic E-state index is -0.0577. The largest absolute Gasteiger partial charge is 0.344 e. The lowest BCUT2D eigenvalue weighted by Crippen LogP contribution is -2.32. The third-order valence-corrected chi connectivity index (χ3v) is 6.33. The smallest absolute Gasteiger partial charge is 0.269 e. The molecular weight excluding hydrogens is 416 g/mol. The molecule has 5 nitrogen and oxygen atoms in total. The molecule has 0 fully saturated rings. The van der Waals surface area contributed by atoms with Gasteiger partial charge in [0.25, 0.3) is 5.91 Å². The predicted molar refractivity (Wildman–Crippen MR) is 133 cm³/mol. The van der Waals surface area contributed by atoms with Gasteiger partial charge in [-0.1, -0.05) is 49.7 Å². The van der Waals surface area contributed by atoms with Crippen molar-refractivity contribution < 1.29 is 4.79 Å². The van der Waals surface area contributed by atoms with E-state index in [0.717, 1.165) is 48.3 Å². The van der Waals surface area contributed by atoms with E-state index in [-0.39, 0.29) is 11.9 Å². The summed E-state index contributed by atoms with van der Waals surface area (Å²) in [5.74, 6) is -0.0577. The van der Waals surface area contributed by atoms with E-state index in [1.165, 1.54) is 22.5 Å². The summed E-state index contributed by atoms with van der Waals surface area (Å²) in [5, 5.41) is 5.15. The molecule has 1 unspecified atom stereocenters. The van der Waals surface area contributed by atoms with Crippen LogP contribution in [0.3, 0.4) is 0 Å². The van der Waals surface area contributed by atoms with Crippen LogP contribution in [-0.4, -0.2) is 17.0 Å². The SMILES string of the molecule is CCC(NC(=O)c1csc(=Nc2cc(C)cc(C)c2)n1CCCCCN)c1ccccc1. The second-order valence-corrected chi connectivity index (χ2v) is 9.04. The molecule has 0 spiro atoms. The molecule has 1 amide bonds. The third-order valence-electron chi connectivity index (χ3n) is 5.46. The van der Waals surface area contributed by atoms with Gasteiger partial charge < -0.3 is 15.6 Å². The maximum atomic E-state index is 13.3. The Morgan fingerprint density at radius 1 is 1.09 bits per heavy atom. The normalized spacial score (nSPS) is 12.7. The van der Waals surface area contributed by atoms with Crippen molar-refractivity contribution in [3.8, 4) is 0 Å². The summed E-state index contributed by atoms with van der Waals surface area (Å²) < 4.78 is 2.06. The summed E-state index contributed by atoms with van der Waals surface area (Å²) in [6.45, 7) is 7.69. The molecule has 0 bridgehead atoms. The molecule has 3 N–H and O–H groups in total. The lowest BCUT2D eigenvalue weighted by molar-refractivity contribution is 0.0925. The Kier molecular flexibility index (Phi) is 8.82. The van der Waals surface area contributed by atoms with Crippen LogP contribution >= 0.6 is 11.3 Å². The van der Waals surface area contributed by atoms with E-state index in [1.807, 2.05) is 23.6 Å². The fraction of sp³-hybridized carbons (Fsp3) is 0.385. The monoisotopic (exact) mass is 450 g/mol. The van der Waals surface area contributed by atoms with Gasteiger partial charge in [-0.2, -0.15) is 0 Å². The lowest BCUT2D eigenvalue weighted by atomic mass is 10.0. The average molecular weight is 451 g/mol. The van der Waals surface area contributed by atoms with Crippen LogP contribution in [0, 0.1) is 13.8 Å². The number of nitrogens with zero attached hydrogens (tertiary/aromatic N) is 2. The number of hydrogen-bond donors (Lipinski definition) is 2. The zero-order chi connectivity index (χ0) is 22.9. The van der Waals surface area contributed by atoms with Crippen molar-refractivity contribution >= 4 is 22.9 Å². The van der Waals surface area contributed by atoms with Crippen LogP contribution in [0.1, 0.15) is 65.8 Å². The number of unbranched alkanes of at least 4 members (excludes halogenated alkanes) is 2. The molecular formula is C26H34N4OS. The molecule has 3 rings (SSSR count). The van der Waals surface area contributed by atoms with E-state index < -0.39 is 0 Å². The van der Waals surface area contributed by atoms with Crippen LogP contribution in [-0.2, 0) is 6.54 Å². The van der Waals surface area contributed by atoms with Crippen LogP contribution < -0.4 is 15.9 Å². The Morgan fingerprint density at radius 2 is 1.81 bits per heavy atom. The van der Waals surface area contributed by atoms with Gasteiger partial charge in [0.2, 0.25) is 0 Å². The van der Waals surface area contributed by atoms with Gasteiger partial charge in [0.15, 0.2) is 4.80 Å². The minimum absolute atomic E-state index is 0.0194. The van der Waals surface area contributed by atoms with Gasteiger partial charge in [0.05, 0.1) is 11.7 Å². The Morgan fingerprint density at radius 3 is 2.47 bits per heavy atom. The number of carbonyl (C=O) groups excluding carboxylic acids is 1. The van der Waals surface area contributed by atoms with Crippen LogP contribution in [0.25, 0.3) is 0 Å². The standard InChI is InChI=1S/C26H34N4OS/c1-4-23(21-11-7-5-8-12-21)29-25(31)24-18-32-26(30(24)14-10-6-9-13-27)28-22-16-19(2)15-20(3)17-22/h5,7-8,11-12,15-18,23H,4,6,9-10,13-14,27H2,1-3H3,(H,29,31). The summed E-state index contributed by atoms with van der Waals surface area (Å²) in [4.78, 5) is 19.0. The van der Waals surface area contributed by atoms with Gasteiger partial charge in [-0.3, -0.25) is 4.79 Å². The van der Waals surface area contributed by atoms with Crippen LogP contribution in [0.5, 0.6) is 0 Å². The molecule has 0 aliphatic carbocycles. The number of nitrogens with one attached hydrogen (secondary N) is 1. The van der Waals surface area contributed by atoms with E-state index >= 15 is 0 Å². The topological polar surface area (TPSA) is 72.4 Å². The molecule has 1 atom stereocenters. The summed E-state index contributed by atoms with van der Waals surface area (Å²) in [5.41, 5.74) is 10.7.